The summed E-state index contributed by atoms with van der Waals surface area (Å²) in [5.41, 5.74) is 5.34. The van der Waals surface area contributed by atoms with Crippen molar-refractivity contribution in [1.29, 1.82) is 0 Å². The molecule has 0 aromatic heterocycles. The number of rotatable bonds is 7. The zero-order valence-corrected chi connectivity index (χ0v) is 20.9. The maximum absolute atomic E-state index is 12.9. The van der Waals surface area contributed by atoms with Gasteiger partial charge in [-0.25, -0.2) is 4.79 Å². The number of likely N-dealkylation sites (tertiary alicyclic amines) is 1. The Bertz CT molecular complexity index is 1240. The Hall–Kier alpha value is -3.68. The molecule has 2 N–H and O–H groups in total. The first-order valence-corrected chi connectivity index (χ1v) is 13.0. The van der Waals surface area contributed by atoms with Gasteiger partial charge in [-0.05, 0) is 48.1 Å². The van der Waals surface area contributed by atoms with E-state index in [2.05, 4.69) is 10.2 Å². The molecule has 7 nitrogen and oxygen atoms in total. The summed E-state index contributed by atoms with van der Waals surface area (Å²) >= 11 is 0. The largest absolute Gasteiger partial charge is 0.446 e. The maximum Gasteiger partial charge on any atom is 0.411 e. The summed E-state index contributed by atoms with van der Waals surface area (Å²) in [6, 6.07) is 23.3. The lowest BCUT2D eigenvalue weighted by Gasteiger charge is -2.34. The van der Waals surface area contributed by atoms with E-state index in [4.69, 9.17) is 4.74 Å². The zero-order valence-electron chi connectivity index (χ0n) is 20.9. The van der Waals surface area contributed by atoms with E-state index in [1.165, 1.54) is 0 Å². The van der Waals surface area contributed by atoms with E-state index < -0.39 is 6.09 Å². The number of amides is 2. The third-order valence-electron chi connectivity index (χ3n) is 7.26. The minimum Gasteiger partial charge on any atom is -0.446 e. The van der Waals surface area contributed by atoms with Crippen molar-refractivity contribution in [2.45, 2.75) is 32.0 Å². The number of nitrogens with zero attached hydrogens (tertiary/aromatic N) is 2. The van der Waals surface area contributed by atoms with Crippen molar-refractivity contribution >= 4 is 17.7 Å². The van der Waals surface area contributed by atoms with Crippen LogP contribution < -0.4 is 5.32 Å². The van der Waals surface area contributed by atoms with Crippen molar-refractivity contribution in [2.24, 2.45) is 0 Å². The second-order valence-electron chi connectivity index (χ2n) is 9.67. The molecule has 0 unspecified atom stereocenters. The van der Waals surface area contributed by atoms with Crippen LogP contribution in [0.2, 0.25) is 0 Å². The number of aliphatic hydroxyl groups is 1. The smallest absolute Gasteiger partial charge is 0.411 e. The van der Waals surface area contributed by atoms with Crippen LogP contribution in [0.1, 0.15) is 34.3 Å². The number of ether oxygens (including phenoxy) is 1. The summed E-state index contributed by atoms with van der Waals surface area (Å²) in [6.07, 6.45) is 1.81. The average molecular weight is 500 g/mol. The minimum absolute atomic E-state index is 0.00646. The van der Waals surface area contributed by atoms with Gasteiger partial charge in [0.2, 0.25) is 0 Å². The fraction of sp³-hybridized carbons (Fsp3) is 0.333. The molecule has 2 aliphatic heterocycles. The van der Waals surface area contributed by atoms with Gasteiger partial charge in [-0.1, -0.05) is 60.7 Å². The van der Waals surface area contributed by atoms with E-state index in [-0.39, 0.29) is 18.6 Å². The topological polar surface area (TPSA) is 82.1 Å². The fourth-order valence-corrected chi connectivity index (χ4v) is 5.17. The van der Waals surface area contributed by atoms with Gasteiger partial charge in [0, 0.05) is 43.9 Å². The van der Waals surface area contributed by atoms with Gasteiger partial charge >= 0.3 is 6.09 Å². The van der Waals surface area contributed by atoms with E-state index in [0.717, 1.165) is 72.4 Å². The Morgan fingerprint density at radius 1 is 0.919 bits per heavy atom. The van der Waals surface area contributed by atoms with Crippen molar-refractivity contribution in [2.75, 3.05) is 38.0 Å². The molecule has 0 spiro atoms. The second-order valence-corrected chi connectivity index (χ2v) is 9.67. The van der Waals surface area contributed by atoms with Gasteiger partial charge in [-0.15, -0.1) is 0 Å². The number of aliphatic hydroxyl groups excluding tert-OH is 1. The van der Waals surface area contributed by atoms with E-state index in [1.807, 2.05) is 77.7 Å². The standard InChI is InChI=1S/C30H33N3O4/c34-21-22-10-11-27-24(20-22)12-17-33(29(27)35)19-18-32-15-13-25(14-16-32)37-30(36)31-28-9-5-4-8-26(28)23-6-2-1-3-7-23/h1-11,20,25,34H,12-19,21H2,(H,31,36). The summed E-state index contributed by atoms with van der Waals surface area (Å²) in [5, 5.41) is 12.3. The van der Waals surface area contributed by atoms with Crippen LogP contribution in [0, 0.1) is 0 Å². The Kier molecular flexibility index (Phi) is 7.82. The molecule has 2 aliphatic rings. The van der Waals surface area contributed by atoms with Crippen LogP contribution in [0.15, 0.2) is 72.8 Å². The van der Waals surface area contributed by atoms with Crippen LogP contribution in [-0.2, 0) is 17.8 Å². The SMILES string of the molecule is O=C(Nc1ccccc1-c1ccccc1)OC1CCN(CCN2CCc3cc(CO)ccc3C2=O)CC1. The summed E-state index contributed by atoms with van der Waals surface area (Å²) in [4.78, 5) is 29.8. The molecule has 5 rings (SSSR count). The second kappa shape index (κ2) is 11.6. The van der Waals surface area contributed by atoms with E-state index >= 15 is 0 Å². The quantitative estimate of drug-likeness (QED) is 0.498. The molecule has 7 heteroatoms. The number of hydrogen-bond donors (Lipinski definition) is 2. The molecule has 2 heterocycles. The molecular weight excluding hydrogens is 466 g/mol. The lowest BCUT2D eigenvalue weighted by molar-refractivity contribution is 0.0517. The lowest BCUT2D eigenvalue weighted by Crippen LogP contribution is -2.45. The van der Waals surface area contributed by atoms with E-state index in [1.54, 1.807) is 0 Å². The summed E-state index contributed by atoms with van der Waals surface area (Å²) in [7, 11) is 0. The Morgan fingerprint density at radius 2 is 1.68 bits per heavy atom. The number of carbonyl (C=O) groups excluding carboxylic acids is 2. The van der Waals surface area contributed by atoms with Crippen LogP contribution in [0.5, 0.6) is 0 Å². The van der Waals surface area contributed by atoms with E-state index in [9.17, 15) is 14.7 Å². The number of carbonyl (C=O) groups is 2. The van der Waals surface area contributed by atoms with Gasteiger partial charge in [0.25, 0.3) is 5.91 Å². The normalized spacial score (nSPS) is 16.4. The Balaban J connectivity index is 1.08. The van der Waals surface area contributed by atoms with Crippen molar-refractivity contribution in [3.63, 3.8) is 0 Å². The first kappa shape index (κ1) is 25.0. The first-order chi connectivity index (χ1) is 18.1. The number of fused-ring (bicyclic) bond motifs is 1. The molecule has 0 atom stereocenters. The highest BCUT2D eigenvalue weighted by atomic mass is 16.6. The molecule has 37 heavy (non-hydrogen) atoms. The molecule has 0 saturated carbocycles. The highest BCUT2D eigenvalue weighted by molar-refractivity contribution is 5.96. The van der Waals surface area contributed by atoms with Gasteiger partial charge in [0.05, 0.1) is 12.3 Å². The van der Waals surface area contributed by atoms with Gasteiger partial charge in [0.15, 0.2) is 0 Å². The van der Waals surface area contributed by atoms with Crippen LogP contribution in [-0.4, -0.2) is 65.7 Å². The Labute approximate surface area is 217 Å². The average Bonchev–Trinajstić information content (AvgIpc) is 2.94. The number of hydrogen-bond acceptors (Lipinski definition) is 5. The molecule has 0 aliphatic carbocycles. The molecule has 2 amide bonds. The van der Waals surface area contributed by atoms with Gasteiger partial charge in [-0.3, -0.25) is 10.1 Å². The third kappa shape index (κ3) is 6.01. The zero-order chi connectivity index (χ0) is 25.6. The molecule has 3 aromatic carbocycles. The first-order valence-electron chi connectivity index (χ1n) is 13.0. The summed E-state index contributed by atoms with van der Waals surface area (Å²) < 4.78 is 5.74. The molecule has 0 bridgehead atoms. The van der Waals surface area contributed by atoms with Crippen LogP contribution >= 0.6 is 0 Å². The molecule has 3 aromatic rings. The van der Waals surface area contributed by atoms with Crippen molar-refractivity contribution in [3.8, 4) is 11.1 Å². The number of nitrogens with one attached hydrogen (secondary N) is 1. The highest BCUT2D eigenvalue weighted by Gasteiger charge is 2.27. The molecule has 0 radical (unpaired) electrons. The molecule has 1 fully saturated rings. The number of piperidine rings is 1. The minimum atomic E-state index is -0.427. The van der Waals surface area contributed by atoms with E-state index in [0.29, 0.717) is 13.1 Å². The van der Waals surface area contributed by atoms with Gasteiger partial charge in [-0.2, -0.15) is 0 Å². The van der Waals surface area contributed by atoms with Crippen molar-refractivity contribution in [3.05, 3.63) is 89.5 Å². The molecular formula is C30H33N3O4. The third-order valence-corrected chi connectivity index (χ3v) is 7.26. The number of anilines is 1. The predicted molar refractivity (Wildman–Crippen MR) is 143 cm³/mol. The number of benzene rings is 3. The van der Waals surface area contributed by atoms with Gasteiger partial charge < -0.3 is 19.6 Å². The maximum atomic E-state index is 12.9. The van der Waals surface area contributed by atoms with Crippen LogP contribution in [0.4, 0.5) is 10.5 Å². The molecule has 1 saturated heterocycles. The summed E-state index contributed by atoms with van der Waals surface area (Å²) in [5.74, 6) is 0.0661. The monoisotopic (exact) mass is 499 g/mol. The predicted octanol–water partition coefficient (Wildman–Crippen LogP) is 4.56. The molecule has 192 valence electrons. The van der Waals surface area contributed by atoms with Crippen LogP contribution in [0.3, 0.4) is 0 Å². The summed E-state index contributed by atoms with van der Waals surface area (Å²) in [6.45, 7) is 3.84. The van der Waals surface area contributed by atoms with Crippen LogP contribution in [0.25, 0.3) is 11.1 Å². The van der Waals surface area contributed by atoms with Crippen molar-refractivity contribution < 1.29 is 19.4 Å². The Morgan fingerprint density at radius 3 is 2.46 bits per heavy atom. The lowest BCUT2D eigenvalue weighted by atomic mass is 9.96. The van der Waals surface area contributed by atoms with Gasteiger partial charge in [0.1, 0.15) is 6.10 Å². The highest BCUT2D eigenvalue weighted by Crippen LogP contribution is 2.28. The van der Waals surface area contributed by atoms with Crippen molar-refractivity contribution in [1.82, 2.24) is 9.80 Å². The fourth-order valence-electron chi connectivity index (χ4n) is 5.17. The number of para-hydroxylation sites is 1.